The number of carbonyl (C=O) groups excluding carboxylic acids is 1. The second-order valence-electron chi connectivity index (χ2n) is 3.94. The van der Waals surface area contributed by atoms with Crippen molar-refractivity contribution in [3.8, 4) is 6.07 Å². The van der Waals surface area contributed by atoms with Gasteiger partial charge in [-0.15, -0.1) is 0 Å². The molecular weight excluding hydrogens is 240 g/mol. The maximum atomic E-state index is 11.9. The van der Waals surface area contributed by atoms with E-state index in [1.54, 1.807) is 43.3 Å². The van der Waals surface area contributed by atoms with Crippen molar-refractivity contribution in [3.05, 3.63) is 59.6 Å². The zero-order valence-corrected chi connectivity index (χ0v) is 10.4. The number of nitrogens with one attached hydrogen (secondary N) is 1. The van der Waals surface area contributed by atoms with Crippen LogP contribution in [0.25, 0.3) is 6.08 Å². The highest BCUT2D eigenvalue weighted by Gasteiger charge is 2.10. The third-order valence-electron chi connectivity index (χ3n) is 2.44. The predicted octanol–water partition coefficient (Wildman–Crippen LogP) is 3.13. The molecule has 4 heteroatoms. The summed E-state index contributed by atoms with van der Waals surface area (Å²) in [4.78, 5) is 11.9. The lowest BCUT2D eigenvalue weighted by molar-refractivity contribution is -0.112. The van der Waals surface area contributed by atoms with Crippen molar-refractivity contribution in [1.82, 2.24) is 0 Å². The monoisotopic (exact) mass is 252 g/mol. The number of rotatable bonds is 3. The highest BCUT2D eigenvalue weighted by Crippen LogP contribution is 2.13. The average Bonchev–Trinajstić information content (AvgIpc) is 2.82. The van der Waals surface area contributed by atoms with E-state index in [2.05, 4.69) is 5.32 Å². The van der Waals surface area contributed by atoms with E-state index in [9.17, 15) is 4.79 Å². The summed E-state index contributed by atoms with van der Waals surface area (Å²) < 4.78 is 5.31. The number of benzene rings is 1. The molecule has 0 aliphatic heterocycles. The van der Waals surface area contributed by atoms with Crippen LogP contribution in [0.2, 0.25) is 0 Å². The van der Waals surface area contributed by atoms with E-state index in [0.29, 0.717) is 11.4 Å². The van der Waals surface area contributed by atoms with Crippen molar-refractivity contribution in [3.63, 3.8) is 0 Å². The van der Waals surface area contributed by atoms with Crippen molar-refractivity contribution in [2.24, 2.45) is 0 Å². The summed E-state index contributed by atoms with van der Waals surface area (Å²) in [6.45, 7) is 1.80. The first-order valence-electron chi connectivity index (χ1n) is 5.73. The Balaban J connectivity index is 2.16. The van der Waals surface area contributed by atoms with Gasteiger partial charge in [0.15, 0.2) is 0 Å². The number of aryl methyl sites for hydroxylation is 1. The standard InChI is InChI=1S/C15H12N2O2/c1-11-7-8-14(19-11)9-12(10-16)15(18)17-13-5-3-2-4-6-13/h2-9H,1H3,(H,17,18)/b12-9+. The second kappa shape index (κ2) is 5.69. The van der Waals surface area contributed by atoms with E-state index in [4.69, 9.17) is 9.68 Å². The molecule has 2 aromatic rings. The smallest absolute Gasteiger partial charge is 0.266 e. The van der Waals surface area contributed by atoms with Crippen molar-refractivity contribution < 1.29 is 9.21 Å². The second-order valence-corrected chi connectivity index (χ2v) is 3.94. The normalized spacial score (nSPS) is 10.8. The Morgan fingerprint density at radius 2 is 2.00 bits per heavy atom. The van der Waals surface area contributed by atoms with Gasteiger partial charge in [0.05, 0.1) is 0 Å². The molecule has 1 aromatic heterocycles. The fourth-order valence-electron chi connectivity index (χ4n) is 1.54. The van der Waals surface area contributed by atoms with Gasteiger partial charge >= 0.3 is 0 Å². The predicted molar refractivity (Wildman–Crippen MR) is 72.1 cm³/mol. The summed E-state index contributed by atoms with van der Waals surface area (Å²) in [7, 11) is 0. The van der Waals surface area contributed by atoms with Crippen LogP contribution in [-0.2, 0) is 4.79 Å². The minimum Gasteiger partial charge on any atom is -0.462 e. The van der Waals surface area contributed by atoms with Crippen molar-refractivity contribution >= 4 is 17.7 Å². The first kappa shape index (κ1) is 12.7. The zero-order valence-electron chi connectivity index (χ0n) is 10.4. The molecule has 94 valence electrons. The van der Waals surface area contributed by atoms with E-state index in [1.165, 1.54) is 6.08 Å². The summed E-state index contributed by atoms with van der Waals surface area (Å²) in [5.41, 5.74) is 0.641. The van der Waals surface area contributed by atoms with Crippen LogP contribution in [-0.4, -0.2) is 5.91 Å². The van der Waals surface area contributed by atoms with Gasteiger partial charge in [-0.25, -0.2) is 0 Å². The lowest BCUT2D eigenvalue weighted by Gasteiger charge is -2.02. The molecule has 0 aliphatic carbocycles. The van der Waals surface area contributed by atoms with Gasteiger partial charge in [0.2, 0.25) is 0 Å². The van der Waals surface area contributed by atoms with Crippen LogP contribution in [0.5, 0.6) is 0 Å². The van der Waals surface area contributed by atoms with Crippen LogP contribution in [0.3, 0.4) is 0 Å². The van der Waals surface area contributed by atoms with Crippen LogP contribution in [0.1, 0.15) is 11.5 Å². The van der Waals surface area contributed by atoms with Gasteiger partial charge in [0, 0.05) is 11.8 Å². The summed E-state index contributed by atoms with van der Waals surface area (Å²) in [5.74, 6) is 0.757. The lowest BCUT2D eigenvalue weighted by Crippen LogP contribution is -2.13. The highest BCUT2D eigenvalue weighted by atomic mass is 16.3. The minimum absolute atomic E-state index is 0.00166. The lowest BCUT2D eigenvalue weighted by atomic mass is 10.2. The molecule has 0 bridgehead atoms. The summed E-state index contributed by atoms with van der Waals surface area (Å²) in [5, 5.41) is 11.7. The SMILES string of the molecule is Cc1ccc(/C=C(\C#N)C(=O)Nc2ccccc2)o1. The molecule has 1 amide bonds. The number of hydrogen-bond acceptors (Lipinski definition) is 3. The van der Waals surface area contributed by atoms with Crippen LogP contribution in [0.15, 0.2) is 52.5 Å². The molecule has 0 saturated carbocycles. The van der Waals surface area contributed by atoms with Gasteiger partial charge < -0.3 is 9.73 Å². The van der Waals surface area contributed by atoms with Crippen LogP contribution in [0.4, 0.5) is 5.69 Å². The molecule has 0 unspecified atom stereocenters. The van der Waals surface area contributed by atoms with Crippen LogP contribution in [0, 0.1) is 18.3 Å². The molecule has 0 fully saturated rings. The minimum atomic E-state index is -0.456. The zero-order chi connectivity index (χ0) is 13.7. The Morgan fingerprint density at radius 1 is 1.26 bits per heavy atom. The van der Waals surface area contributed by atoms with E-state index in [-0.39, 0.29) is 5.57 Å². The molecule has 1 aromatic carbocycles. The topological polar surface area (TPSA) is 66.0 Å². The number of furan rings is 1. The van der Waals surface area contributed by atoms with Gasteiger partial charge in [-0.05, 0) is 31.2 Å². The average molecular weight is 252 g/mol. The van der Waals surface area contributed by atoms with Gasteiger partial charge in [0.1, 0.15) is 23.2 Å². The molecule has 2 rings (SSSR count). The summed E-state index contributed by atoms with van der Waals surface area (Å²) in [6.07, 6.45) is 1.42. The molecule has 1 N–H and O–H groups in total. The molecule has 0 radical (unpaired) electrons. The largest absolute Gasteiger partial charge is 0.462 e. The number of para-hydroxylation sites is 1. The number of nitriles is 1. The molecule has 0 saturated heterocycles. The van der Waals surface area contributed by atoms with E-state index >= 15 is 0 Å². The van der Waals surface area contributed by atoms with Gasteiger partial charge in [-0.1, -0.05) is 18.2 Å². The maximum Gasteiger partial charge on any atom is 0.266 e. The van der Waals surface area contributed by atoms with Crippen molar-refractivity contribution in [2.45, 2.75) is 6.92 Å². The van der Waals surface area contributed by atoms with Crippen molar-refractivity contribution in [2.75, 3.05) is 5.32 Å². The van der Waals surface area contributed by atoms with E-state index < -0.39 is 5.91 Å². The Morgan fingerprint density at radius 3 is 2.58 bits per heavy atom. The molecule has 0 spiro atoms. The quantitative estimate of drug-likeness (QED) is 0.674. The maximum absolute atomic E-state index is 11.9. The highest BCUT2D eigenvalue weighted by molar-refractivity contribution is 6.09. The molecule has 4 nitrogen and oxygen atoms in total. The Kier molecular flexibility index (Phi) is 3.79. The summed E-state index contributed by atoms with van der Waals surface area (Å²) >= 11 is 0. The number of carbonyl (C=O) groups is 1. The van der Waals surface area contributed by atoms with E-state index in [1.807, 2.05) is 12.1 Å². The van der Waals surface area contributed by atoms with Crippen molar-refractivity contribution in [1.29, 1.82) is 5.26 Å². The molecular formula is C15H12N2O2. The molecule has 0 aliphatic rings. The van der Waals surface area contributed by atoms with Crippen LogP contribution >= 0.6 is 0 Å². The Labute approximate surface area is 111 Å². The molecule has 19 heavy (non-hydrogen) atoms. The van der Waals surface area contributed by atoms with Gasteiger partial charge in [-0.3, -0.25) is 4.79 Å². The van der Waals surface area contributed by atoms with Gasteiger partial charge in [-0.2, -0.15) is 5.26 Å². The number of anilines is 1. The first-order valence-corrected chi connectivity index (χ1v) is 5.73. The fraction of sp³-hybridized carbons (Fsp3) is 0.0667. The Hall–Kier alpha value is -2.80. The molecule has 0 atom stereocenters. The van der Waals surface area contributed by atoms with E-state index in [0.717, 1.165) is 5.76 Å². The Bertz CT molecular complexity index is 648. The molecule has 1 heterocycles. The summed E-state index contributed by atoms with van der Waals surface area (Å²) in [6, 6.07) is 14.3. The van der Waals surface area contributed by atoms with Crippen LogP contribution < -0.4 is 5.32 Å². The first-order chi connectivity index (χ1) is 9.19. The number of nitrogens with zero attached hydrogens (tertiary/aromatic N) is 1. The number of amides is 1. The van der Waals surface area contributed by atoms with Gasteiger partial charge in [0.25, 0.3) is 5.91 Å². The third-order valence-corrected chi connectivity index (χ3v) is 2.44. The third kappa shape index (κ3) is 3.33. The fourth-order valence-corrected chi connectivity index (χ4v) is 1.54. The number of hydrogen-bond donors (Lipinski definition) is 1.